The summed E-state index contributed by atoms with van der Waals surface area (Å²) < 4.78 is 1.79. The van der Waals surface area contributed by atoms with Crippen LogP contribution < -0.4 is 5.32 Å². The van der Waals surface area contributed by atoms with Gasteiger partial charge >= 0.3 is 0 Å². The lowest BCUT2D eigenvalue weighted by Crippen LogP contribution is -2.24. The van der Waals surface area contributed by atoms with E-state index in [9.17, 15) is 0 Å². The summed E-state index contributed by atoms with van der Waals surface area (Å²) in [4.78, 5) is 8.65. The van der Waals surface area contributed by atoms with Gasteiger partial charge in [0.2, 0.25) is 0 Å². The molecule has 0 radical (unpaired) electrons. The molecule has 0 saturated heterocycles. The zero-order chi connectivity index (χ0) is 13.3. The minimum Gasteiger partial charge on any atom is -0.369 e. The molecule has 5 nitrogen and oxygen atoms in total. The van der Waals surface area contributed by atoms with Gasteiger partial charge in [0.25, 0.3) is 5.78 Å². The third kappa shape index (κ3) is 2.41. The Hall–Kier alpha value is -1.65. The molecule has 19 heavy (non-hydrogen) atoms. The predicted octanol–water partition coefficient (Wildman–Crippen LogP) is 2.68. The van der Waals surface area contributed by atoms with Gasteiger partial charge in [-0.25, -0.2) is 4.98 Å². The molecule has 5 heteroatoms. The van der Waals surface area contributed by atoms with E-state index in [1.807, 2.05) is 0 Å². The van der Waals surface area contributed by atoms with E-state index in [2.05, 4.69) is 40.3 Å². The summed E-state index contributed by atoms with van der Waals surface area (Å²) in [5, 5.41) is 7.79. The van der Waals surface area contributed by atoms with Crippen molar-refractivity contribution in [3.8, 4) is 0 Å². The summed E-state index contributed by atoms with van der Waals surface area (Å²) >= 11 is 0. The van der Waals surface area contributed by atoms with Gasteiger partial charge in [0.15, 0.2) is 0 Å². The third-order valence-corrected chi connectivity index (χ3v) is 4.17. The van der Waals surface area contributed by atoms with Crippen LogP contribution in [0.2, 0.25) is 0 Å². The van der Waals surface area contributed by atoms with Crippen molar-refractivity contribution >= 4 is 11.6 Å². The molecule has 2 aromatic heterocycles. The highest BCUT2D eigenvalue weighted by Gasteiger charge is 2.28. The average Bonchev–Trinajstić information content (AvgIpc) is 3.04. The Kier molecular flexibility index (Phi) is 3.12. The van der Waals surface area contributed by atoms with Crippen molar-refractivity contribution in [1.82, 2.24) is 19.6 Å². The Labute approximate surface area is 113 Å². The highest BCUT2D eigenvalue weighted by atomic mass is 15.3. The molecule has 0 spiro atoms. The van der Waals surface area contributed by atoms with Crippen molar-refractivity contribution in [1.29, 1.82) is 0 Å². The van der Waals surface area contributed by atoms with E-state index in [1.165, 1.54) is 25.7 Å². The number of rotatable bonds is 4. The fourth-order valence-electron chi connectivity index (χ4n) is 2.88. The molecule has 0 unspecified atom stereocenters. The van der Waals surface area contributed by atoms with Crippen molar-refractivity contribution in [3.05, 3.63) is 18.1 Å². The van der Waals surface area contributed by atoms with Gasteiger partial charge in [-0.15, -0.1) is 0 Å². The second-order valence-corrected chi connectivity index (χ2v) is 5.83. The van der Waals surface area contributed by atoms with Crippen LogP contribution in [-0.2, 0) is 6.42 Å². The topological polar surface area (TPSA) is 55.1 Å². The van der Waals surface area contributed by atoms with Gasteiger partial charge in [-0.2, -0.15) is 14.6 Å². The summed E-state index contributed by atoms with van der Waals surface area (Å²) in [6, 6.07) is 2.08. The summed E-state index contributed by atoms with van der Waals surface area (Å²) in [5.74, 6) is 1.69. The van der Waals surface area contributed by atoms with Crippen molar-refractivity contribution in [2.45, 2.75) is 46.0 Å². The number of nitrogens with zero attached hydrogens (tertiary/aromatic N) is 4. The fraction of sp³-hybridized carbons (Fsp3) is 0.643. The van der Waals surface area contributed by atoms with Gasteiger partial charge in [-0.05, 0) is 24.7 Å². The maximum absolute atomic E-state index is 4.46. The molecule has 1 aliphatic carbocycles. The molecular weight excluding hydrogens is 238 g/mol. The number of aromatic nitrogens is 4. The summed E-state index contributed by atoms with van der Waals surface area (Å²) in [6.45, 7) is 5.47. The van der Waals surface area contributed by atoms with Crippen LogP contribution in [0.1, 0.15) is 45.2 Å². The van der Waals surface area contributed by atoms with Gasteiger partial charge in [0.1, 0.15) is 12.1 Å². The van der Waals surface area contributed by atoms with Crippen LogP contribution in [0.5, 0.6) is 0 Å². The number of aryl methyl sites for hydroxylation is 1. The molecule has 1 N–H and O–H groups in total. The minimum absolute atomic E-state index is 0.419. The molecule has 1 saturated carbocycles. The van der Waals surface area contributed by atoms with E-state index in [0.29, 0.717) is 11.2 Å². The van der Waals surface area contributed by atoms with Gasteiger partial charge < -0.3 is 5.32 Å². The molecule has 102 valence electrons. The van der Waals surface area contributed by atoms with Gasteiger partial charge in [0.05, 0.1) is 0 Å². The Morgan fingerprint density at radius 1 is 1.37 bits per heavy atom. The van der Waals surface area contributed by atoms with E-state index in [0.717, 1.165) is 24.5 Å². The molecule has 1 fully saturated rings. The fourth-order valence-corrected chi connectivity index (χ4v) is 2.88. The molecule has 0 atom stereocenters. The molecular formula is C14H21N5. The van der Waals surface area contributed by atoms with E-state index in [-0.39, 0.29) is 0 Å². The number of hydrogen-bond acceptors (Lipinski definition) is 4. The van der Waals surface area contributed by atoms with Gasteiger partial charge in [-0.1, -0.05) is 26.7 Å². The first-order valence-electron chi connectivity index (χ1n) is 7.14. The lowest BCUT2D eigenvalue weighted by molar-refractivity contribution is 0.361. The van der Waals surface area contributed by atoms with E-state index < -0.39 is 0 Å². The third-order valence-electron chi connectivity index (χ3n) is 4.17. The van der Waals surface area contributed by atoms with Gasteiger partial charge in [0, 0.05) is 18.3 Å². The second kappa shape index (κ2) is 4.79. The summed E-state index contributed by atoms with van der Waals surface area (Å²) in [6.07, 6.45) is 7.80. The highest BCUT2D eigenvalue weighted by molar-refractivity contribution is 5.45. The van der Waals surface area contributed by atoms with Crippen LogP contribution in [0.4, 0.5) is 5.82 Å². The number of fused-ring (bicyclic) bond motifs is 1. The largest absolute Gasteiger partial charge is 0.369 e. The molecule has 0 amide bonds. The van der Waals surface area contributed by atoms with Crippen LogP contribution in [0, 0.1) is 5.41 Å². The van der Waals surface area contributed by atoms with Crippen LogP contribution in [0.15, 0.2) is 12.4 Å². The number of hydrogen-bond donors (Lipinski definition) is 1. The Morgan fingerprint density at radius 3 is 2.89 bits per heavy atom. The lowest BCUT2D eigenvalue weighted by Gasteiger charge is -2.24. The molecule has 0 aliphatic heterocycles. The summed E-state index contributed by atoms with van der Waals surface area (Å²) in [7, 11) is 0. The van der Waals surface area contributed by atoms with E-state index in [1.54, 1.807) is 10.8 Å². The lowest BCUT2D eigenvalue weighted by atomic mass is 9.89. The predicted molar refractivity (Wildman–Crippen MR) is 75.2 cm³/mol. The zero-order valence-corrected chi connectivity index (χ0v) is 11.7. The SMILES string of the molecule is CCc1cc(NCC2(C)CCCC2)n2ncnc2n1. The Morgan fingerprint density at radius 2 is 2.16 bits per heavy atom. The summed E-state index contributed by atoms with van der Waals surface area (Å²) in [5.41, 5.74) is 1.47. The number of nitrogens with one attached hydrogen (secondary N) is 1. The first-order chi connectivity index (χ1) is 9.20. The quantitative estimate of drug-likeness (QED) is 0.917. The van der Waals surface area contributed by atoms with E-state index >= 15 is 0 Å². The smallest absolute Gasteiger partial charge is 0.254 e. The van der Waals surface area contributed by atoms with Crippen molar-refractivity contribution in [2.24, 2.45) is 5.41 Å². The molecule has 0 aromatic carbocycles. The van der Waals surface area contributed by atoms with Crippen LogP contribution in [-0.4, -0.2) is 26.1 Å². The van der Waals surface area contributed by atoms with Crippen molar-refractivity contribution < 1.29 is 0 Å². The maximum atomic E-state index is 4.46. The Bertz CT molecular complexity index is 568. The second-order valence-electron chi connectivity index (χ2n) is 5.83. The maximum Gasteiger partial charge on any atom is 0.254 e. The van der Waals surface area contributed by atoms with Crippen LogP contribution in [0.25, 0.3) is 5.78 Å². The first kappa shape index (κ1) is 12.4. The monoisotopic (exact) mass is 259 g/mol. The highest BCUT2D eigenvalue weighted by Crippen LogP contribution is 2.37. The first-order valence-corrected chi connectivity index (χ1v) is 7.14. The van der Waals surface area contributed by atoms with Crippen LogP contribution >= 0.6 is 0 Å². The molecule has 1 aliphatic rings. The average molecular weight is 259 g/mol. The molecule has 2 heterocycles. The van der Waals surface area contributed by atoms with Crippen molar-refractivity contribution in [3.63, 3.8) is 0 Å². The van der Waals surface area contributed by atoms with Crippen LogP contribution in [0.3, 0.4) is 0 Å². The standard InChI is InChI=1S/C14H21N5/c1-3-11-8-12(19-13(18-11)16-10-17-19)15-9-14(2)6-4-5-7-14/h8,10,15H,3-7,9H2,1-2H3. The Balaban J connectivity index is 1.85. The molecule has 3 rings (SSSR count). The minimum atomic E-state index is 0.419. The zero-order valence-electron chi connectivity index (χ0n) is 11.7. The number of anilines is 1. The van der Waals surface area contributed by atoms with Gasteiger partial charge in [-0.3, -0.25) is 0 Å². The molecule has 2 aromatic rings. The molecule has 0 bridgehead atoms. The van der Waals surface area contributed by atoms with E-state index in [4.69, 9.17) is 0 Å². The normalized spacial score (nSPS) is 18.0. The van der Waals surface area contributed by atoms with Crippen molar-refractivity contribution in [2.75, 3.05) is 11.9 Å².